The molecule has 0 saturated carbocycles. The highest BCUT2D eigenvalue weighted by atomic mass is 16.5. The van der Waals surface area contributed by atoms with Crippen molar-refractivity contribution < 1.29 is 4.74 Å². The molecule has 2 aromatic rings. The SMILES string of the molecule is C[C@@H]1CNCCN1Cc1ccc(OCCc2ccccc2)cc1. The summed E-state index contributed by atoms with van der Waals surface area (Å²) in [7, 11) is 0. The average molecular weight is 310 g/mol. The normalized spacial score (nSPS) is 18.7. The first-order valence-corrected chi connectivity index (χ1v) is 8.52. The monoisotopic (exact) mass is 310 g/mol. The third-order valence-electron chi connectivity index (χ3n) is 4.45. The van der Waals surface area contributed by atoms with Gasteiger partial charge in [-0.3, -0.25) is 4.90 Å². The molecule has 1 aliphatic heterocycles. The van der Waals surface area contributed by atoms with Gasteiger partial charge in [-0.05, 0) is 30.2 Å². The molecule has 3 nitrogen and oxygen atoms in total. The van der Waals surface area contributed by atoms with Crippen molar-refractivity contribution in [3.63, 3.8) is 0 Å². The molecule has 1 saturated heterocycles. The topological polar surface area (TPSA) is 24.5 Å². The molecule has 2 aromatic carbocycles. The molecule has 0 spiro atoms. The average Bonchev–Trinajstić information content (AvgIpc) is 2.59. The van der Waals surface area contributed by atoms with Crippen LogP contribution in [0.25, 0.3) is 0 Å². The highest BCUT2D eigenvalue weighted by Gasteiger charge is 2.17. The maximum absolute atomic E-state index is 5.85. The van der Waals surface area contributed by atoms with Crippen LogP contribution in [0.4, 0.5) is 0 Å². The smallest absolute Gasteiger partial charge is 0.119 e. The number of rotatable bonds is 6. The molecule has 0 radical (unpaired) electrons. The fourth-order valence-electron chi connectivity index (χ4n) is 2.97. The van der Waals surface area contributed by atoms with Gasteiger partial charge in [-0.15, -0.1) is 0 Å². The van der Waals surface area contributed by atoms with Gasteiger partial charge in [0.25, 0.3) is 0 Å². The lowest BCUT2D eigenvalue weighted by atomic mass is 10.1. The van der Waals surface area contributed by atoms with E-state index in [1.807, 2.05) is 6.07 Å². The fourth-order valence-corrected chi connectivity index (χ4v) is 2.97. The van der Waals surface area contributed by atoms with E-state index in [-0.39, 0.29) is 0 Å². The van der Waals surface area contributed by atoms with Crippen molar-refractivity contribution in [1.29, 1.82) is 0 Å². The van der Waals surface area contributed by atoms with Gasteiger partial charge in [0.2, 0.25) is 0 Å². The van der Waals surface area contributed by atoms with Crippen molar-refractivity contribution >= 4 is 0 Å². The standard InChI is InChI=1S/C20H26N2O/c1-17-15-21-12-13-22(17)16-19-7-9-20(10-8-19)23-14-11-18-5-3-2-4-6-18/h2-10,17,21H,11-16H2,1H3/t17-/m1/s1. The van der Waals surface area contributed by atoms with Gasteiger partial charge in [-0.1, -0.05) is 42.5 Å². The molecule has 0 amide bonds. The number of nitrogens with one attached hydrogen (secondary N) is 1. The van der Waals surface area contributed by atoms with Gasteiger partial charge in [0.15, 0.2) is 0 Å². The van der Waals surface area contributed by atoms with E-state index >= 15 is 0 Å². The lowest BCUT2D eigenvalue weighted by Gasteiger charge is -2.33. The van der Waals surface area contributed by atoms with Crippen LogP contribution in [0.15, 0.2) is 54.6 Å². The maximum atomic E-state index is 5.85. The van der Waals surface area contributed by atoms with Gasteiger partial charge >= 0.3 is 0 Å². The van der Waals surface area contributed by atoms with Crippen LogP contribution in [0.5, 0.6) is 5.75 Å². The minimum atomic E-state index is 0.602. The first-order chi connectivity index (χ1) is 11.3. The van der Waals surface area contributed by atoms with Crippen LogP contribution in [-0.4, -0.2) is 37.2 Å². The number of piperazine rings is 1. The first kappa shape index (κ1) is 16.0. The summed E-state index contributed by atoms with van der Waals surface area (Å²) in [6.45, 7) is 7.32. The van der Waals surface area contributed by atoms with Crippen LogP contribution in [-0.2, 0) is 13.0 Å². The molecule has 0 aromatic heterocycles. The zero-order valence-electron chi connectivity index (χ0n) is 13.9. The van der Waals surface area contributed by atoms with E-state index < -0.39 is 0 Å². The van der Waals surface area contributed by atoms with Gasteiger partial charge in [-0.25, -0.2) is 0 Å². The molecule has 1 fully saturated rings. The molecule has 23 heavy (non-hydrogen) atoms. The zero-order chi connectivity index (χ0) is 15.9. The van der Waals surface area contributed by atoms with Crippen LogP contribution in [0.2, 0.25) is 0 Å². The van der Waals surface area contributed by atoms with Gasteiger partial charge < -0.3 is 10.1 Å². The third kappa shape index (κ3) is 4.81. The zero-order valence-corrected chi connectivity index (χ0v) is 13.9. The Morgan fingerprint density at radius 1 is 1.04 bits per heavy atom. The van der Waals surface area contributed by atoms with Crippen molar-refractivity contribution in [2.45, 2.75) is 25.9 Å². The molecule has 0 bridgehead atoms. The van der Waals surface area contributed by atoms with E-state index in [1.165, 1.54) is 11.1 Å². The maximum Gasteiger partial charge on any atom is 0.119 e. The molecule has 3 heteroatoms. The highest BCUT2D eigenvalue weighted by Crippen LogP contribution is 2.16. The molecule has 1 heterocycles. The van der Waals surface area contributed by atoms with Gasteiger partial charge in [0.1, 0.15) is 5.75 Å². The summed E-state index contributed by atoms with van der Waals surface area (Å²) < 4.78 is 5.85. The Morgan fingerprint density at radius 2 is 1.83 bits per heavy atom. The number of nitrogens with zero attached hydrogens (tertiary/aromatic N) is 1. The Bertz CT molecular complexity index is 582. The minimum Gasteiger partial charge on any atom is -0.493 e. The second kappa shape index (κ2) is 8.14. The number of hydrogen-bond acceptors (Lipinski definition) is 3. The minimum absolute atomic E-state index is 0.602. The Morgan fingerprint density at radius 3 is 2.57 bits per heavy atom. The molecule has 122 valence electrons. The quantitative estimate of drug-likeness (QED) is 0.887. The number of ether oxygens (including phenoxy) is 1. The first-order valence-electron chi connectivity index (χ1n) is 8.52. The van der Waals surface area contributed by atoms with Crippen molar-refractivity contribution in [2.75, 3.05) is 26.2 Å². The van der Waals surface area contributed by atoms with Gasteiger partial charge in [-0.2, -0.15) is 0 Å². The van der Waals surface area contributed by atoms with Crippen molar-refractivity contribution in [3.8, 4) is 5.75 Å². The molecular weight excluding hydrogens is 284 g/mol. The Balaban J connectivity index is 1.47. The second-order valence-electron chi connectivity index (χ2n) is 6.25. The summed E-state index contributed by atoms with van der Waals surface area (Å²) in [5.74, 6) is 0.957. The van der Waals surface area contributed by atoms with Crippen LogP contribution in [0.3, 0.4) is 0 Å². The molecular formula is C20H26N2O. The second-order valence-corrected chi connectivity index (χ2v) is 6.25. The van der Waals surface area contributed by atoms with E-state index in [0.29, 0.717) is 6.04 Å². The Labute approximate surface area is 139 Å². The summed E-state index contributed by atoms with van der Waals surface area (Å²) in [6.07, 6.45) is 0.945. The van der Waals surface area contributed by atoms with Gasteiger partial charge in [0.05, 0.1) is 6.61 Å². The lowest BCUT2D eigenvalue weighted by molar-refractivity contribution is 0.165. The van der Waals surface area contributed by atoms with Crippen molar-refractivity contribution in [2.24, 2.45) is 0 Å². The predicted octanol–water partition coefficient (Wildman–Crippen LogP) is 3.10. The summed E-state index contributed by atoms with van der Waals surface area (Å²) in [5.41, 5.74) is 2.67. The molecule has 1 aliphatic rings. The molecule has 3 rings (SSSR count). The van der Waals surface area contributed by atoms with E-state index in [9.17, 15) is 0 Å². The van der Waals surface area contributed by atoms with E-state index in [2.05, 4.69) is 65.7 Å². The van der Waals surface area contributed by atoms with Crippen LogP contribution >= 0.6 is 0 Å². The number of hydrogen-bond donors (Lipinski definition) is 1. The van der Waals surface area contributed by atoms with Crippen LogP contribution < -0.4 is 10.1 Å². The summed E-state index contributed by atoms with van der Waals surface area (Å²) in [5, 5.41) is 3.43. The van der Waals surface area contributed by atoms with Crippen molar-refractivity contribution in [3.05, 3.63) is 65.7 Å². The highest BCUT2D eigenvalue weighted by molar-refractivity contribution is 5.27. The summed E-state index contributed by atoms with van der Waals surface area (Å²) >= 11 is 0. The van der Waals surface area contributed by atoms with Gasteiger partial charge in [0, 0.05) is 38.6 Å². The number of benzene rings is 2. The molecule has 1 atom stereocenters. The fraction of sp³-hybridized carbons (Fsp3) is 0.400. The van der Waals surface area contributed by atoms with E-state index in [4.69, 9.17) is 4.74 Å². The molecule has 1 N–H and O–H groups in total. The third-order valence-corrected chi connectivity index (χ3v) is 4.45. The summed E-state index contributed by atoms with van der Waals surface area (Å²) in [4.78, 5) is 2.53. The van der Waals surface area contributed by atoms with E-state index in [0.717, 1.165) is 45.0 Å². The summed E-state index contributed by atoms with van der Waals surface area (Å²) in [6, 6.07) is 19.6. The van der Waals surface area contributed by atoms with Crippen LogP contribution in [0, 0.1) is 0 Å². The largest absolute Gasteiger partial charge is 0.493 e. The Kier molecular flexibility index (Phi) is 5.67. The van der Waals surface area contributed by atoms with E-state index in [1.54, 1.807) is 0 Å². The molecule has 0 aliphatic carbocycles. The lowest BCUT2D eigenvalue weighted by Crippen LogP contribution is -2.49. The predicted molar refractivity (Wildman–Crippen MR) is 94.8 cm³/mol. The van der Waals surface area contributed by atoms with Crippen molar-refractivity contribution in [1.82, 2.24) is 10.2 Å². The van der Waals surface area contributed by atoms with Crippen LogP contribution in [0.1, 0.15) is 18.1 Å². The Hall–Kier alpha value is -1.84. The molecule has 0 unspecified atom stereocenters.